The van der Waals surface area contributed by atoms with Crippen molar-refractivity contribution in [1.29, 1.82) is 0 Å². The average Bonchev–Trinajstić information content (AvgIpc) is 3.31. The minimum atomic E-state index is -0.258. The maximum Gasteiger partial charge on any atom is 0.276 e. The molecule has 4 aromatic rings. The van der Waals surface area contributed by atoms with E-state index < -0.39 is 0 Å². The fraction of sp³-hybridized carbons (Fsp3) is 0.136. The molecule has 0 saturated carbocycles. The Morgan fingerprint density at radius 1 is 1.07 bits per heavy atom. The van der Waals surface area contributed by atoms with Crippen LogP contribution in [0.25, 0.3) is 0 Å². The normalized spacial score (nSPS) is 10.9. The molecule has 2 heterocycles. The number of carbonyl (C=O) groups excluding carboxylic acids is 1. The van der Waals surface area contributed by atoms with Crippen LogP contribution in [0.4, 0.5) is 5.69 Å². The summed E-state index contributed by atoms with van der Waals surface area (Å²) in [5.74, 6) is -0.258. The van der Waals surface area contributed by atoms with Gasteiger partial charge in [0.1, 0.15) is 6.67 Å². The Morgan fingerprint density at radius 3 is 2.57 bits per heavy atom. The highest BCUT2D eigenvalue weighted by Crippen LogP contribution is 2.34. The van der Waals surface area contributed by atoms with Gasteiger partial charge >= 0.3 is 0 Å². The third-order valence-electron chi connectivity index (χ3n) is 4.43. The van der Waals surface area contributed by atoms with Crippen LogP contribution in [0.1, 0.15) is 21.9 Å². The molecular weight excluding hydrogens is 418 g/mol. The molecule has 2 aromatic heterocycles. The first-order chi connectivity index (χ1) is 14.5. The van der Waals surface area contributed by atoms with E-state index in [1.54, 1.807) is 28.7 Å². The van der Waals surface area contributed by atoms with E-state index in [4.69, 9.17) is 11.6 Å². The Hall–Kier alpha value is -3.03. The molecule has 4 rings (SSSR count). The zero-order valence-corrected chi connectivity index (χ0v) is 18.1. The molecule has 0 aliphatic carbocycles. The van der Waals surface area contributed by atoms with E-state index in [1.807, 2.05) is 73.1 Å². The van der Waals surface area contributed by atoms with Gasteiger partial charge in [0.15, 0.2) is 5.69 Å². The lowest BCUT2D eigenvalue weighted by molar-refractivity contribution is 0.102. The topological polar surface area (TPSA) is 64.7 Å². The number of para-hydroxylation sites is 1. The summed E-state index contributed by atoms with van der Waals surface area (Å²) in [6.45, 7) is 4.40. The molecule has 1 amide bonds. The van der Waals surface area contributed by atoms with Crippen molar-refractivity contribution in [3.05, 3.63) is 89.0 Å². The van der Waals surface area contributed by atoms with Gasteiger partial charge in [0.05, 0.1) is 11.4 Å². The molecule has 0 radical (unpaired) electrons. The Morgan fingerprint density at radius 2 is 1.83 bits per heavy atom. The van der Waals surface area contributed by atoms with Crippen molar-refractivity contribution >= 4 is 35.0 Å². The molecule has 1 N–H and O–H groups in total. The smallest absolute Gasteiger partial charge is 0.276 e. The first-order valence-corrected chi connectivity index (χ1v) is 10.6. The van der Waals surface area contributed by atoms with Crippen molar-refractivity contribution in [2.24, 2.45) is 0 Å². The number of rotatable bonds is 6. The van der Waals surface area contributed by atoms with E-state index in [0.717, 1.165) is 26.9 Å². The molecule has 8 heteroatoms. The standard InChI is InChI=1S/C22H20ClN5OS/c1-15-13-16(2)28(25-15)14-27-12-11-20(26-27)22(29)24-19-5-3-4-6-21(19)30-18-9-7-17(23)8-10-18/h3-13H,14H2,1-2H3,(H,24,29). The molecule has 0 unspecified atom stereocenters. The molecule has 30 heavy (non-hydrogen) atoms. The summed E-state index contributed by atoms with van der Waals surface area (Å²) in [6, 6.07) is 19.0. The van der Waals surface area contributed by atoms with Gasteiger partial charge in [-0.2, -0.15) is 10.2 Å². The summed E-state index contributed by atoms with van der Waals surface area (Å²) >= 11 is 7.53. The van der Waals surface area contributed by atoms with Gasteiger partial charge in [-0.1, -0.05) is 35.5 Å². The lowest BCUT2D eigenvalue weighted by Crippen LogP contribution is -2.16. The van der Waals surface area contributed by atoms with Crippen LogP contribution in [-0.2, 0) is 6.67 Å². The first kappa shape index (κ1) is 20.3. The SMILES string of the molecule is Cc1cc(C)n(Cn2ccc(C(=O)Nc3ccccc3Sc3ccc(Cl)cc3)n2)n1. The number of nitrogens with one attached hydrogen (secondary N) is 1. The van der Waals surface area contributed by atoms with Crippen LogP contribution in [0.15, 0.2) is 76.7 Å². The minimum absolute atomic E-state index is 0.258. The monoisotopic (exact) mass is 437 g/mol. The van der Waals surface area contributed by atoms with Crippen LogP contribution in [-0.4, -0.2) is 25.5 Å². The Bertz CT molecular complexity index is 1180. The predicted molar refractivity (Wildman–Crippen MR) is 119 cm³/mol. The number of hydrogen-bond acceptors (Lipinski definition) is 4. The molecule has 0 aliphatic heterocycles. The van der Waals surface area contributed by atoms with Crippen molar-refractivity contribution in [1.82, 2.24) is 19.6 Å². The maximum atomic E-state index is 12.8. The van der Waals surface area contributed by atoms with Crippen LogP contribution >= 0.6 is 23.4 Å². The average molecular weight is 438 g/mol. The summed E-state index contributed by atoms with van der Waals surface area (Å²) in [4.78, 5) is 14.7. The van der Waals surface area contributed by atoms with E-state index >= 15 is 0 Å². The quantitative estimate of drug-likeness (QED) is 0.447. The van der Waals surface area contributed by atoms with Gasteiger partial charge in [-0.25, -0.2) is 4.68 Å². The van der Waals surface area contributed by atoms with Crippen molar-refractivity contribution in [2.75, 3.05) is 5.32 Å². The first-order valence-electron chi connectivity index (χ1n) is 9.36. The number of benzene rings is 2. The molecule has 6 nitrogen and oxygen atoms in total. The van der Waals surface area contributed by atoms with Crippen LogP contribution < -0.4 is 5.32 Å². The third-order valence-corrected chi connectivity index (χ3v) is 5.77. The van der Waals surface area contributed by atoms with Crippen LogP contribution in [0.3, 0.4) is 0 Å². The Labute approximate surface area is 183 Å². The highest BCUT2D eigenvalue weighted by atomic mass is 35.5. The van der Waals surface area contributed by atoms with Gasteiger partial charge < -0.3 is 5.32 Å². The Kier molecular flexibility index (Phi) is 5.92. The van der Waals surface area contributed by atoms with Gasteiger partial charge in [-0.15, -0.1) is 0 Å². The zero-order chi connectivity index (χ0) is 21.1. The summed E-state index contributed by atoms with van der Waals surface area (Å²) in [7, 11) is 0. The lowest BCUT2D eigenvalue weighted by atomic mass is 10.3. The molecular formula is C22H20ClN5OS. The number of nitrogens with zero attached hydrogens (tertiary/aromatic N) is 4. The van der Waals surface area contributed by atoms with Crippen LogP contribution in [0, 0.1) is 13.8 Å². The molecule has 0 spiro atoms. The molecule has 0 aliphatic rings. The molecule has 0 bridgehead atoms. The van der Waals surface area contributed by atoms with Crippen LogP contribution in [0.2, 0.25) is 5.02 Å². The lowest BCUT2D eigenvalue weighted by Gasteiger charge is -2.10. The number of aromatic nitrogens is 4. The fourth-order valence-corrected chi connectivity index (χ4v) is 4.02. The number of halogens is 1. The van der Waals surface area contributed by atoms with E-state index in [2.05, 4.69) is 15.5 Å². The highest BCUT2D eigenvalue weighted by molar-refractivity contribution is 7.99. The van der Waals surface area contributed by atoms with Crippen molar-refractivity contribution in [3.63, 3.8) is 0 Å². The van der Waals surface area contributed by atoms with Gasteiger partial charge in [0.2, 0.25) is 0 Å². The summed E-state index contributed by atoms with van der Waals surface area (Å²) in [5.41, 5.74) is 3.08. The van der Waals surface area contributed by atoms with Crippen LogP contribution in [0.5, 0.6) is 0 Å². The minimum Gasteiger partial charge on any atom is -0.320 e. The van der Waals surface area contributed by atoms with Crippen molar-refractivity contribution in [3.8, 4) is 0 Å². The van der Waals surface area contributed by atoms with Gasteiger partial charge in [0.25, 0.3) is 5.91 Å². The number of hydrogen-bond donors (Lipinski definition) is 1. The number of aryl methyl sites for hydroxylation is 2. The molecule has 0 atom stereocenters. The van der Waals surface area contributed by atoms with E-state index in [9.17, 15) is 4.79 Å². The summed E-state index contributed by atoms with van der Waals surface area (Å²) < 4.78 is 3.55. The third kappa shape index (κ3) is 4.75. The van der Waals surface area contributed by atoms with E-state index in [1.165, 1.54) is 0 Å². The molecule has 152 valence electrons. The fourth-order valence-electron chi connectivity index (χ4n) is 2.99. The van der Waals surface area contributed by atoms with Gasteiger partial charge in [-0.3, -0.25) is 9.48 Å². The Balaban J connectivity index is 1.47. The number of anilines is 1. The van der Waals surface area contributed by atoms with Gasteiger partial charge in [0, 0.05) is 26.7 Å². The summed E-state index contributed by atoms with van der Waals surface area (Å²) in [5, 5.41) is 12.5. The predicted octanol–water partition coefficient (Wildman–Crippen LogP) is 5.26. The van der Waals surface area contributed by atoms with E-state index in [-0.39, 0.29) is 5.91 Å². The second-order valence-corrected chi connectivity index (χ2v) is 8.37. The largest absolute Gasteiger partial charge is 0.320 e. The zero-order valence-electron chi connectivity index (χ0n) is 16.5. The van der Waals surface area contributed by atoms with Crippen molar-refractivity contribution in [2.45, 2.75) is 30.3 Å². The van der Waals surface area contributed by atoms with Crippen molar-refractivity contribution < 1.29 is 4.79 Å². The number of carbonyl (C=O) groups is 1. The molecule has 2 aromatic carbocycles. The second-order valence-electron chi connectivity index (χ2n) is 6.81. The molecule has 0 saturated heterocycles. The van der Waals surface area contributed by atoms with E-state index in [0.29, 0.717) is 17.4 Å². The molecule has 0 fully saturated rings. The summed E-state index contributed by atoms with van der Waals surface area (Å²) in [6.07, 6.45) is 1.78. The maximum absolute atomic E-state index is 12.8. The number of amides is 1. The van der Waals surface area contributed by atoms with Gasteiger partial charge in [-0.05, 0) is 62.4 Å². The second kappa shape index (κ2) is 8.77. The highest BCUT2D eigenvalue weighted by Gasteiger charge is 2.13.